The molecule has 0 amide bonds. The number of nitrogens with zero attached hydrogens (tertiary/aromatic N) is 2. The molecular weight excluding hydrogens is 208 g/mol. The van der Waals surface area contributed by atoms with Crippen LogP contribution in [0.5, 0.6) is 0 Å². The van der Waals surface area contributed by atoms with Gasteiger partial charge in [-0.15, -0.1) is 0 Å². The van der Waals surface area contributed by atoms with Gasteiger partial charge in [-0.3, -0.25) is 14.8 Å². The van der Waals surface area contributed by atoms with Crippen LogP contribution in [0.15, 0.2) is 15.9 Å². The maximum absolute atomic E-state index is 11.4. The minimum absolute atomic E-state index is 0.0487. The summed E-state index contributed by atoms with van der Waals surface area (Å²) in [6.45, 7) is 6.90. The van der Waals surface area contributed by atoms with Crippen LogP contribution in [0.1, 0.15) is 20.8 Å². The summed E-state index contributed by atoms with van der Waals surface area (Å²) in [6.07, 6.45) is 1.57. The predicted molar refractivity (Wildman–Crippen MR) is 60.4 cm³/mol. The van der Waals surface area contributed by atoms with Gasteiger partial charge in [0.1, 0.15) is 5.65 Å². The lowest BCUT2D eigenvalue weighted by Crippen LogP contribution is -2.23. The van der Waals surface area contributed by atoms with Crippen molar-refractivity contribution in [2.45, 2.75) is 27.3 Å². The molecular formula is C10H14N4O2. The van der Waals surface area contributed by atoms with Crippen molar-refractivity contribution in [3.63, 3.8) is 0 Å². The van der Waals surface area contributed by atoms with Crippen molar-refractivity contribution in [3.05, 3.63) is 27.2 Å². The first-order valence-electron chi connectivity index (χ1n) is 5.04. The molecule has 0 bridgehead atoms. The molecule has 0 saturated carbocycles. The molecule has 2 heterocycles. The average molecular weight is 222 g/mol. The van der Waals surface area contributed by atoms with Crippen molar-refractivity contribution in [1.29, 1.82) is 0 Å². The van der Waals surface area contributed by atoms with Crippen molar-refractivity contribution in [3.8, 4) is 0 Å². The zero-order chi connectivity index (χ0) is 11.9. The Kier molecular flexibility index (Phi) is 2.22. The van der Waals surface area contributed by atoms with Gasteiger partial charge < -0.3 is 4.57 Å². The molecule has 6 nitrogen and oxygen atoms in total. The van der Waals surface area contributed by atoms with Gasteiger partial charge in [0.2, 0.25) is 0 Å². The number of aromatic nitrogens is 4. The normalized spacial score (nSPS) is 12.2. The van der Waals surface area contributed by atoms with E-state index in [1.165, 1.54) is 0 Å². The molecule has 2 aromatic heterocycles. The first kappa shape index (κ1) is 10.7. The molecule has 16 heavy (non-hydrogen) atoms. The molecule has 2 aromatic rings. The van der Waals surface area contributed by atoms with Crippen molar-refractivity contribution >= 4 is 11.2 Å². The summed E-state index contributed by atoms with van der Waals surface area (Å²) < 4.78 is 1.78. The third-order valence-electron chi connectivity index (χ3n) is 2.16. The van der Waals surface area contributed by atoms with Gasteiger partial charge in [-0.1, -0.05) is 20.8 Å². The van der Waals surface area contributed by atoms with E-state index < -0.39 is 11.2 Å². The highest BCUT2D eigenvalue weighted by Crippen LogP contribution is 2.17. The van der Waals surface area contributed by atoms with Crippen molar-refractivity contribution in [2.24, 2.45) is 5.41 Å². The molecule has 0 atom stereocenters. The standard InChI is InChI=1S/C10H14N4O2/c1-10(2,3)4-14-5-11-6-7(14)12-9(16)13-8(6)15/h5H,4H2,1-3H3,(H2,12,13,15,16). The molecule has 2 N–H and O–H groups in total. The molecule has 0 aliphatic carbocycles. The van der Waals surface area contributed by atoms with Crippen LogP contribution in [-0.2, 0) is 6.54 Å². The fourth-order valence-electron chi connectivity index (χ4n) is 1.61. The number of rotatable bonds is 1. The van der Waals surface area contributed by atoms with E-state index in [-0.39, 0.29) is 10.9 Å². The number of nitrogens with one attached hydrogen (secondary N) is 2. The summed E-state index contributed by atoms with van der Waals surface area (Å²) in [5.41, 5.74) is -0.167. The Labute approximate surface area is 91.3 Å². The molecule has 6 heteroatoms. The van der Waals surface area contributed by atoms with E-state index in [0.717, 1.165) is 0 Å². The molecule has 0 aromatic carbocycles. The highest BCUT2D eigenvalue weighted by molar-refractivity contribution is 5.68. The first-order chi connectivity index (χ1) is 7.37. The van der Waals surface area contributed by atoms with E-state index >= 15 is 0 Å². The van der Waals surface area contributed by atoms with Gasteiger partial charge >= 0.3 is 5.69 Å². The number of fused-ring (bicyclic) bond motifs is 1. The van der Waals surface area contributed by atoms with Gasteiger partial charge in [0.25, 0.3) is 5.56 Å². The first-order valence-corrected chi connectivity index (χ1v) is 5.04. The SMILES string of the molecule is CC(C)(C)Cn1cnc2c(=O)[nH]c(=O)[nH]c21. The fraction of sp³-hybridized carbons (Fsp3) is 0.500. The molecule has 0 spiro atoms. The Bertz CT molecular complexity index is 627. The molecule has 0 saturated heterocycles. The summed E-state index contributed by atoms with van der Waals surface area (Å²) in [4.78, 5) is 31.3. The summed E-state index contributed by atoms with van der Waals surface area (Å²) in [5, 5.41) is 0. The van der Waals surface area contributed by atoms with E-state index in [2.05, 4.69) is 35.7 Å². The van der Waals surface area contributed by atoms with Gasteiger partial charge in [0.05, 0.1) is 6.33 Å². The van der Waals surface area contributed by atoms with Crippen LogP contribution in [0.3, 0.4) is 0 Å². The lowest BCUT2D eigenvalue weighted by molar-refractivity contribution is 0.347. The second-order valence-corrected chi connectivity index (χ2v) is 5.04. The van der Waals surface area contributed by atoms with Crippen LogP contribution in [-0.4, -0.2) is 19.5 Å². The Morgan fingerprint density at radius 3 is 2.62 bits per heavy atom. The Balaban J connectivity index is 2.65. The Hall–Kier alpha value is -1.85. The van der Waals surface area contributed by atoms with E-state index in [4.69, 9.17) is 0 Å². The maximum atomic E-state index is 11.4. The van der Waals surface area contributed by atoms with Gasteiger partial charge in [0, 0.05) is 6.54 Å². The van der Waals surface area contributed by atoms with E-state index in [0.29, 0.717) is 12.2 Å². The zero-order valence-electron chi connectivity index (χ0n) is 9.50. The van der Waals surface area contributed by atoms with Gasteiger partial charge in [-0.25, -0.2) is 9.78 Å². The van der Waals surface area contributed by atoms with Crippen LogP contribution in [0.2, 0.25) is 0 Å². The van der Waals surface area contributed by atoms with Crippen LogP contribution in [0.25, 0.3) is 11.2 Å². The van der Waals surface area contributed by atoms with Crippen LogP contribution in [0.4, 0.5) is 0 Å². The summed E-state index contributed by atoms with van der Waals surface area (Å²) in [6, 6.07) is 0. The lowest BCUT2D eigenvalue weighted by Gasteiger charge is -2.18. The Morgan fingerprint density at radius 2 is 2.00 bits per heavy atom. The van der Waals surface area contributed by atoms with Crippen LogP contribution >= 0.6 is 0 Å². The summed E-state index contributed by atoms with van der Waals surface area (Å²) in [7, 11) is 0. The summed E-state index contributed by atoms with van der Waals surface area (Å²) in [5.74, 6) is 0. The molecule has 0 fully saturated rings. The maximum Gasteiger partial charge on any atom is 0.327 e. The summed E-state index contributed by atoms with van der Waals surface area (Å²) >= 11 is 0. The number of imidazole rings is 1. The number of hydrogen-bond acceptors (Lipinski definition) is 3. The van der Waals surface area contributed by atoms with E-state index in [1.54, 1.807) is 10.9 Å². The number of H-pyrrole nitrogens is 2. The molecule has 0 unspecified atom stereocenters. The topological polar surface area (TPSA) is 83.5 Å². The van der Waals surface area contributed by atoms with E-state index in [9.17, 15) is 9.59 Å². The van der Waals surface area contributed by atoms with Gasteiger partial charge in [0.15, 0.2) is 5.52 Å². The molecule has 0 radical (unpaired) electrons. The lowest BCUT2D eigenvalue weighted by atomic mass is 9.97. The second kappa shape index (κ2) is 3.33. The number of aromatic amines is 2. The molecule has 0 aliphatic rings. The van der Waals surface area contributed by atoms with Crippen molar-refractivity contribution in [1.82, 2.24) is 19.5 Å². The largest absolute Gasteiger partial charge is 0.327 e. The quantitative estimate of drug-likeness (QED) is 0.735. The van der Waals surface area contributed by atoms with Gasteiger partial charge in [-0.05, 0) is 5.41 Å². The van der Waals surface area contributed by atoms with Crippen LogP contribution < -0.4 is 11.2 Å². The zero-order valence-corrected chi connectivity index (χ0v) is 9.50. The molecule has 2 rings (SSSR count). The minimum atomic E-state index is -0.506. The highest BCUT2D eigenvalue weighted by atomic mass is 16.2. The molecule has 0 aliphatic heterocycles. The third-order valence-corrected chi connectivity index (χ3v) is 2.16. The number of hydrogen-bond donors (Lipinski definition) is 2. The predicted octanol–water partition coefficient (Wildman–Crippen LogP) is 0.459. The van der Waals surface area contributed by atoms with Crippen LogP contribution in [0, 0.1) is 5.41 Å². The highest BCUT2D eigenvalue weighted by Gasteiger charge is 2.14. The van der Waals surface area contributed by atoms with Crippen molar-refractivity contribution in [2.75, 3.05) is 0 Å². The van der Waals surface area contributed by atoms with E-state index in [1.807, 2.05) is 0 Å². The smallest absolute Gasteiger partial charge is 0.316 e. The monoisotopic (exact) mass is 222 g/mol. The van der Waals surface area contributed by atoms with Gasteiger partial charge in [-0.2, -0.15) is 0 Å². The minimum Gasteiger partial charge on any atom is -0.316 e. The molecule has 86 valence electrons. The third kappa shape index (κ3) is 1.91. The average Bonchev–Trinajstić information content (AvgIpc) is 2.46. The van der Waals surface area contributed by atoms with Crippen molar-refractivity contribution < 1.29 is 0 Å². The Morgan fingerprint density at radius 1 is 1.31 bits per heavy atom. The second-order valence-electron chi connectivity index (χ2n) is 5.04. The fourth-order valence-corrected chi connectivity index (χ4v) is 1.61.